The number of rotatable bonds is 3. The molecule has 0 saturated carbocycles. The molecule has 1 saturated heterocycles. The number of nitrogens with zero attached hydrogens (tertiary/aromatic N) is 2. The fraction of sp³-hybridized carbons (Fsp3) is 0.562. The molecule has 1 N–H and O–H groups in total. The second-order valence-corrected chi connectivity index (χ2v) is 7.19. The molecule has 0 spiro atoms. The fourth-order valence-corrected chi connectivity index (χ4v) is 2.52. The van der Waals surface area contributed by atoms with Crippen LogP contribution >= 0.6 is 0 Å². The molecule has 0 bridgehead atoms. The van der Waals surface area contributed by atoms with Crippen molar-refractivity contribution in [3.05, 3.63) is 30.2 Å². The largest absolute Gasteiger partial charge is 0.493 e. The summed E-state index contributed by atoms with van der Waals surface area (Å²) in [6.07, 6.45) is 4.01. The number of ether oxygens (including phenoxy) is 1. The number of hydrogen-bond acceptors (Lipinski definition) is 3. The molecule has 2 aromatic rings. The Morgan fingerprint density at radius 3 is 2.75 bits per heavy atom. The third-order valence-corrected chi connectivity index (χ3v) is 3.94. The van der Waals surface area contributed by atoms with Gasteiger partial charge in [0.05, 0.1) is 6.61 Å². The number of imidazole rings is 1. The van der Waals surface area contributed by atoms with Crippen LogP contribution in [0, 0.1) is 5.41 Å². The predicted octanol–water partition coefficient (Wildman–Crippen LogP) is 2.62. The van der Waals surface area contributed by atoms with Gasteiger partial charge >= 0.3 is 0 Å². The highest BCUT2D eigenvalue weighted by atomic mass is 16.5. The topological polar surface area (TPSA) is 38.6 Å². The maximum Gasteiger partial charge on any atom is 0.140 e. The summed E-state index contributed by atoms with van der Waals surface area (Å²) >= 11 is 0. The molecule has 0 aliphatic carbocycles. The molecule has 0 unspecified atom stereocenters. The minimum Gasteiger partial charge on any atom is -0.493 e. The van der Waals surface area contributed by atoms with Crippen molar-refractivity contribution in [3.8, 4) is 5.75 Å². The summed E-state index contributed by atoms with van der Waals surface area (Å²) in [5, 5.41) is 3.29. The molecule has 0 amide bonds. The summed E-state index contributed by atoms with van der Waals surface area (Å²) in [4.78, 5) is 4.49. The van der Waals surface area contributed by atoms with Crippen LogP contribution < -0.4 is 10.1 Å². The smallest absolute Gasteiger partial charge is 0.140 e. The predicted molar refractivity (Wildman–Crippen MR) is 80.4 cm³/mol. The lowest BCUT2D eigenvalue weighted by molar-refractivity contribution is 0.102. The van der Waals surface area contributed by atoms with Crippen LogP contribution in [-0.4, -0.2) is 29.1 Å². The van der Waals surface area contributed by atoms with Gasteiger partial charge in [-0.05, 0) is 6.07 Å². The second-order valence-electron chi connectivity index (χ2n) is 7.19. The molecule has 1 fully saturated rings. The average molecular weight is 273 g/mol. The van der Waals surface area contributed by atoms with Gasteiger partial charge in [0.15, 0.2) is 0 Å². The number of pyridine rings is 1. The standard InChI is InChI=1S/C16H23N3O/c1-15(2,3)13-8-18-14-7-12(5-6-19(13)14)20-11-16(4)9-17-10-16/h5-8,17H,9-11H2,1-4H3. The Kier molecular flexibility index (Phi) is 3.01. The Labute approximate surface area is 120 Å². The molecule has 0 radical (unpaired) electrons. The van der Waals surface area contributed by atoms with E-state index in [4.69, 9.17) is 4.74 Å². The van der Waals surface area contributed by atoms with Gasteiger partial charge in [0, 0.05) is 48.1 Å². The first kappa shape index (κ1) is 13.4. The number of hydrogen-bond donors (Lipinski definition) is 1. The molecular weight excluding hydrogens is 250 g/mol. The molecule has 0 atom stereocenters. The lowest BCUT2D eigenvalue weighted by Crippen LogP contribution is -2.54. The zero-order chi connectivity index (χ0) is 14.4. The zero-order valence-electron chi connectivity index (χ0n) is 12.7. The van der Waals surface area contributed by atoms with Crippen molar-refractivity contribution in [2.45, 2.75) is 33.1 Å². The Hall–Kier alpha value is -1.55. The SMILES string of the molecule is CC1(COc2ccn3c(C(C)(C)C)cnc3c2)CNC1. The van der Waals surface area contributed by atoms with Gasteiger partial charge in [-0.15, -0.1) is 0 Å². The molecule has 3 heterocycles. The molecular formula is C16H23N3O. The van der Waals surface area contributed by atoms with E-state index in [9.17, 15) is 0 Å². The van der Waals surface area contributed by atoms with Crippen LogP contribution in [0.5, 0.6) is 5.75 Å². The molecule has 4 heteroatoms. The van der Waals surface area contributed by atoms with Crippen LogP contribution in [0.3, 0.4) is 0 Å². The van der Waals surface area contributed by atoms with Crippen molar-refractivity contribution in [3.63, 3.8) is 0 Å². The van der Waals surface area contributed by atoms with E-state index in [1.165, 1.54) is 5.69 Å². The minimum absolute atomic E-state index is 0.0901. The Morgan fingerprint density at radius 2 is 2.15 bits per heavy atom. The van der Waals surface area contributed by atoms with Crippen molar-refractivity contribution in [1.82, 2.24) is 14.7 Å². The highest BCUT2D eigenvalue weighted by Crippen LogP contribution is 2.26. The Morgan fingerprint density at radius 1 is 1.40 bits per heavy atom. The van der Waals surface area contributed by atoms with Gasteiger partial charge < -0.3 is 14.5 Å². The number of nitrogens with one attached hydrogen (secondary N) is 1. The van der Waals surface area contributed by atoms with Gasteiger partial charge in [-0.3, -0.25) is 0 Å². The first-order chi connectivity index (χ1) is 9.37. The summed E-state index contributed by atoms with van der Waals surface area (Å²) < 4.78 is 8.06. The zero-order valence-corrected chi connectivity index (χ0v) is 12.7. The van der Waals surface area contributed by atoms with Gasteiger partial charge in [-0.25, -0.2) is 4.98 Å². The van der Waals surface area contributed by atoms with Crippen LogP contribution in [0.25, 0.3) is 5.65 Å². The third kappa shape index (κ3) is 2.40. The highest BCUT2D eigenvalue weighted by Gasteiger charge is 2.32. The first-order valence-electron chi connectivity index (χ1n) is 7.19. The first-order valence-corrected chi connectivity index (χ1v) is 7.19. The third-order valence-electron chi connectivity index (χ3n) is 3.94. The molecule has 4 nitrogen and oxygen atoms in total. The van der Waals surface area contributed by atoms with E-state index in [0.29, 0.717) is 0 Å². The van der Waals surface area contributed by atoms with E-state index in [-0.39, 0.29) is 10.8 Å². The molecule has 108 valence electrons. The summed E-state index contributed by atoms with van der Waals surface area (Å²) in [6.45, 7) is 11.7. The number of fused-ring (bicyclic) bond motifs is 1. The van der Waals surface area contributed by atoms with Crippen LogP contribution in [0.4, 0.5) is 0 Å². The number of aromatic nitrogens is 2. The normalized spacial score (nSPS) is 18.0. The average Bonchev–Trinajstić information content (AvgIpc) is 2.76. The van der Waals surface area contributed by atoms with E-state index >= 15 is 0 Å². The summed E-state index contributed by atoms with van der Waals surface area (Å²) in [6, 6.07) is 4.05. The quantitative estimate of drug-likeness (QED) is 0.934. The summed E-state index contributed by atoms with van der Waals surface area (Å²) in [5.41, 5.74) is 2.53. The molecule has 0 aromatic carbocycles. The van der Waals surface area contributed by atoms with Gasteiger partial charge in [0.2, 0.25) is 0 Å². The van der Waals surface area contributed by atoms with Gasteiger partial charge in [-0.2, -0.15) is 0 Å². The summed E-state index contributed by atoms with van der Waals surface area (Å²) in [7, 11) is 0. The fourth-order valence-electron chi connectivity index (χ4n) is 2.52. The van der Waals surface area contributed by atoms with E-state index in [2.05, 4.69) is 48.6 Å². The van der Waals surface area contributed by atoms with E-state index in [0.717, 1.165) is 31.1 Å². The Balaban J connectivity index is 1.81. The Bertz CT molecular complexity index is 620. The maximum atomic E-state index is 5.92. The molecule has 20 heavy (non-hydrogen) atoms. The molecule has 1 aliphatic rings. The lowest BCUT2D eigenvalue weighted by atomic mass is 9.85. The molecule has 2 aromatic heterocycles. The second kappa shape index (κ2) is 4.48. The van der Waals surface area contributed by atoms with E-state index in [1.54, 1.807) is 0 Å². The highest BCUT2D eigenvalue weighted by molar-refractivity contribution is 5.46. The van der Waals surface area contributed by atoms with Crippen LogP contribution in [0.1, 0.15) is 33.4 Å². The van der Waals surface area contributed by atoms with Crippen molar-refractivity contribution in [2.24, 2.45) is 5.41 Å². The van der Waals surface area contributed by atoms with Crippen LogP contribution in [0.15, 0.2) is 24.5 Å². The molecule has 3 rings (SSSR count). The molecule has 1 aliphatic heterocycles. The van der Waals surface area contributed by atoms with Crippen LogP contribution in [-0.2, 0) is 5.41 Å². The van der Waals surface area contributed by atoms with Gasteiger partial charge in [0.25, 0.3) is 0 Å². The monoisotopic (exact) mass is 273 g/mol. The lowest BCUT2D eigenvalue weighted by Gasteiger charge is -2.38. The van der Waals surface area contributed by atoms with E-state index < -0.39 is 0 Å². The maximum absolute atomic E-state index is 5.92. The van der Waals surface area contributed by atoms with Gasteiger partial charge in [-0.1, -0.05) is 27.7 Å². The van der Waals surface area contributed by atoms with E-state index in [1.807, 2.05) is 18.3 Å². The summed E-state index contributed by atoms with van der Waals surface area (Å²) in [5.74, 6) is 0.900. The van der Waals surface area contributed by atoms with Crippen molar-refractivity contribution < 1.29 is 4.74 Å². The van der Waals surface area contributed by atoms with Crippen LogP contribution in [0.2, 0.25) is 0 Å². The van der Waals surface area contributed by atoms with Crippen molar-refractivity contribution >= 4 is 5.65 Å². The van der Waals surface area contributed by atoms with Crippen molar-refractivity contribution in [2.75, 3.05) is 19.7 Å². The van der Waals surface area contributed by atoms with Crippen molar-refractivity contribution in [1.29, 1.82) is 0 Å². The van der Waals surface area contributed by atoms with Gasteiger partial charge in [0.1, 0.15) is 11.4 Å². The minimum atomic E-state index is 0.0901.